The molecule has 5 N–H and O–H groups in total. The average Bonchev–Trinajstić information content (AvgIpc) is 2.87. The molecule has 40 heavy (non-hydrogen) atoms. The molecule has 0 spiro atoms. The Hall–Kier alpha value is -3.92. The van der Waals surface area contributed by atoms with Gasteiger partial charge < -0.3 is 35.3 Å². The number of ether oxygens (including phenoxy) is 1. The molecule has 15 heteroatoms. The number of rotatable bonds is 23. The Kier molecular flexibility index (Phi) is 16.4. The van der Waals surface area contributed by atoms with Crippen LogP contribution in [0.25, 0.3) is 0 Å². The minimum Gasteiger partial charge on any atom is -0.480 e. The van der Waals surface area contributed by atoms with E-state index in [4.69, 9.17) is 14.9 Å². The standard InChI is InChI=1S/C25H36N4O11/c30-12-4-7-26-25(39)20(18-40-17-19-5-2-1-3-6-19)29(16-24(37)38)11-10-27(13-21(31)32)8-9-28(14-22(33)34)15-23(35)36/h1-3,5-6,12,20H,4,7-11,13-18H2,(H,26,39)(H,31,32)(H,33,34)(H,35,36)(H,37,38). The number of carboxylic acids is 4. The first-order valence-electron chi connectivity index (χ1n) is 12.4. The van der Waals surface area contributed by atoms with E-state index >= 15 is 0 Å². The van der Waals surface area contributed by atoms with Crippen molar-refractivity contribution >= 4 is 36.1 Å². The summed E-state index contributed by atoms with van der Waals surface area (Å²) in [6.45, 7) is -2.46. The minimum absolute atomic E-state index is 0.0333. The third-order valence-corrected chi connectivity index (χ3v) is 5.54. The van der Waals surface area contributed by atoms with Crippen LogP contribution >= 0.6 is 0 Å². The fourth-order valence-corrected chi connectivity index (χ4v) is 3.71. The van der Waals surface area contributed by atoms with Crippen molar-refractivity contribution in [3.8, 4) is 0 Å². The Morgan fingerprint density at radius 2 is 1.30 bits per heavy atom. The lowest BCUT2D eigenvalue weighted by Crippen LogP contribution is -2.53. The van der Waals surface area contributed by atoms with E-state index in [1.807, 2.05) is 30.3 Å². The van der Waals surface area contributed by atoms with Gasteiger partial charge in [-0.15, -0.1) is 0 Å². The molecular weight excluding hydrogens is 532 g/mol. The van der Waals surface area contributed by atoms with Crippen molar-refractivity contribution in [3.63, 3.8) is 0 Å². The smallest absolute Gasteiger partial charge is 0.317 e. The van der Waals surface area contributed by atoms with Gasteiger partial charge in [0.25, 0.3) is 0 Å². The molecule has 15 nitrogen and oxygen atoms in total. The van der Waals surface area contributed by atoms with E-state index in [-0.39, 0.29) is 52.4 Å². The number of hydrogen-bond donors (Lipinski definition) is 5. The lowest BCUT2D eigenvalue weighted by Gasteiger charge is -2.32. The molecule has 0 aliphatic rings. The number of carbonyl (C=O) groups excluding carboxylic acids is 2. The molecule has 0 saturated heterocycles. The summed E-state index contributed by atoms with van der Waals surface area (Å²) < 4.78 is 5.71. The molecule has 1 unspecified atom stereocenters. The Balaban J connectivity index is 3.02. The van der Waals surface area contributed by atoms with Crippen LogP contribution in [0.3, 0.4) is 0 Å². The van der Waals surface area contributed by atoms with Crippen LogP contribution in [0.4, 0.5) is 0 Å². The van der Waals surface area contributed by atoms with Gasteiger partial charge in [0.15, 0.2) is 0 Å². The quantitative estimate of drug-likeness (QED) is 0.0752. The normalized spacial score (nSPS) is 11.9. The topological polar surface area (TPSA) is 214 Å². The minimum atomic E-state index is -1.25. The number of carboxylic acid groups (broad SMARTS) is 4. The third kappa shape index (κ3) is 15.5. The van der Waals surface area contributed by atoms with Gasteiger partial charge in [-0.3, -0.25) is 38.7 Å². The van der Waals surface area contributed by atoms with Gasteiger partial charge in [-0.25, -0.2) is 0 Å². The van der Waals surface area contributed by atoms with Gasteiger partial charge in [0, 0.05) is 39.1 Å². The number of hydrogen-bond acceptors (Lipinski definition) is 10. The lowest BCUT2D eigenvalue weighted by molar-refractivity contribution is -0.143. The van der Waals surface area contributed by atoms with E-state index in [2.05, 4.69) is 5.32 Å². The summed E-state index contributed by atoms with van der Waals surface area (Å²) in [5, 5.41) is 39.5. The third-order valence-electron chi connectivity index (χ3n) is 5.54. The summed E-state index contributed by atoms with van der Waals surface area (Å²) in [6.07, 6.45) is 0.676. The zero-order chi connectivity index (χ0) is 29.9. The van der Waals surface area contributed by atoms with Crippen LogP contribution in [0.2, 0.25) is 0 Å². The first-order chi connectivity index (χ1) is 19.0. The maximum absolute atomic E-state index is 13.0. The molecule has 0 radical (unpaired) electrons. The van der Waals surface area contributed by atoms with Gasteiger partial charge in [0.2, 0.25) is 5.91 Å². The zero-order valence-corrected chi connectivity index (χ0v) is 22.0. The highest BCUT2D eigenvalue weighted by Gasteiger charge is 2.28. The number of nitrogens with one attached hydrogen (secondary N) is 1. The summed E-state index contributed by atoms with van der Waals surface area (Å²) in [6, 6.07) is 7.99. The Morgan fingerprint density at radius 3 is 1.85 bits per heavy atom. The van der Waals surface area contributed by atoms with Crippen molar-refractivity contribution in [1.82, 2.24) is 20.0 Å². The number of carbonyl (C=O) groups is 6. The van der Waals surface area contributed by atoms with Crippen molar-refractivity contribution in [2.24, 2.45) is 0 Å². The molecule has 0 aliphatic heterocycles. The van der Waals surface area contributed by atoms with Crippen molar-refractivity contribution in [3.05, 3.63) is 35.9 Å². The molecule has 1 aromatic carbocycles. The second-order valence-electron chi connectivity index (χ2n) is 8.80. The van der Waals surface area contributed by atoms with E-state index in [0.717, 1.165) is 10.5 Å². The highest BCUT2D eigenvalue weighted by Crippen LogP contribution is 2.07. The van der Waals surface area contributed by atoms with Crippen molar-refractivity contribution in [1.29, 1.82) is 0 Å². The average molecular weight is 569 g/mol. The maximum Gasteiger partial charge on any atom is 0.317 e. The van der Waals surface area contributed by atoms with Crippen LogP contribution in [0.1, 0.15) is 12.0 Å². The summed E-state index contributed by atoms with van der Waals surface area (Å²) in [4.78, 5) is 72.7. The maximum atomic E-state index is 13.0. The molecule has 1 amide bonds. The van der Waals surface area contributed by atoms with Crippen LogP contribution < -0.4 is 5.32 Å². The first-order valence-corrected chi connectivity index (χ1v) is 12.4. The highest BCUT2D eigenvalue weighted by molar-refractivity contribution is 5.83. The van der Waals surface area contributed by atoms with Crippen LogP contribution in [-0.2, 0) is 40.1 Å². The summed E-state index contributed by atoms with van der Waals surface area (Å²) >= 11 is 0. The van der Waals surface area contributed by atoms with Gasteiger partial charge >= 0.3 is 23.9 Å². The van der Waals surface area contributed by atoms with E-state index in [0.29, 0.717) is 6.29 Å². The number of benzene rings is 1. The second-order valence-corrected chi connectivity index (χ2v) is 8.80. The van der Waals surface area contributed by atoms with Crippen molar-refractivity contribution < 1.29 is 53.9 Å². The fourth-order valence-electron chi connectivity index (χ4n) is 3.71. The largest absolute Gasteiger partial charge is 0.480 e. The van der Waals surface area contributed by atoms with Gasteiger partial charge in [-0.2, -0.15) is 0 Å². The predicted molar refractivity (Wildman–Crippen MR) is 139 cm³/mol. The molecule has 1 atom stereocenters. The molecule has 1 aromatic rings. The molecule has 0 aromatic heterocycles. The van der Waals surface area contributed by atoms with Crippen molar-refractivity contribution in [2.45, 2.75) is 19.1 Å². The molecule has 0 aliphatic carbocycles. The molecule has 222 valence electrons. The van der Waals surface area contributed by atoms with Crippen LogP contribution in [0.5, 0.6) is 0 Å². The second kappa shape index (κ2) is 19.2. The highest BCUT2D eigenvalue weighted by atomic mass is 16.5. The molecule has 0 fully saturated rings. The summed E-state index contributed by atoms with van der Waals surface area (Å²) in [5.74, 6) is -5.53. The van der Waals surface area contributed by atoms with Gasteiger partial charge in [-0.1, -0.05) is 30.3 Å². The Labute approximate surface area is 230 Å². The zero-order valence-electron chi connectivity index (χ0n) is 22.0. The van der Waals surface area contributed by atoms with Crippen LogP contribution in [0, 0.1) is 0 Å². The monoisotopic (exact) mass is 568 g/mol. The molecule has 0 saturated carbocycles. The Bertz CT molecular complexity index is 961. The van der Waals surface area contributed by atoms with Gasteiger partial charge in [-0.05, 0) is 5.56 Å². The first kappa shape index (κ1) is 34.1. The summed E-state index contributed by atoms with van der Waals surface area (Å²) in [5.41, 5.74) is 0.826. The predicted octanol–water partition coefficient (Wildman–Crippen LogP) is -1.48. The lowest BCUT2D eigenvalue weighted by atomic mass is 10.2. The van der Waals surface area contributed by atoms with Gasteiger partial charge in [0.1, 0.15) is 12.3 Å². The number of aliphatic carboxylic acids is 4. The summed E-state index contributed by atoms with van der Waals surface area (Å²) in [7, 11) is 0. The van der Waals surface area contributed by atoms with E-state index < -0.39 is 62.0 Å². The molecule has 1 rings (SSSR count). The number of nitrogens with zero attached hydrogens (tertiary/aromatic N) is 3. The molecule has 0 heterocycles. The van der Waals surface area contributed by atoms with E-state index in [1.54, 1.807) is 0 Å². The Morgan fingerprint density at radius 1 is 0.775 bits per heavy atom. The van der Waals surface area contributed by atoms with E-state index in [9.17, 15) is 39.0 Å². The number of aldehydes is 1. The van der Waals surface area contributed by atoms with Gasteiger partial charge in [0.05, 0.1) is 39.4 Å². The SMILES string of the molecule is O=CCCNC(=O)C(COCc1ccccc1)N(CCN(CCN(CC(=O)O)CC(=O)O)CC(=O)O)CC(=O)O. The van der Waals surface area contributed by atoms with E-state index in [1.165, 1.54) is 9.80 Å². The molecule has 0 bridgehead atoms. The fraction of sp³-hybridized carbons (Fsp3) is 0.520. The van der Waals surface area contributed by atoms with Crippen molar-refractivity contribution in [2.75, 3.05) is 65.5 Å². The number of amides is 1. The molecular formula is C25H36N4O11. The van der Waals surface area contributed by atoms with Crippen LogP contribution in [0.15, 0.2) is 30.3 Å². The van der Waals surface area contributed by atoms with Crippen LogP contribution in [-0.4, -0.2) is 143 Å².